The number of unbranched alkanes of at least 4 members (excludes halogenated alkanes) is 1. The molecule has 0 aromatic carbocycles. The molecule has 29 heteroatoms. The molecule has 0 aromatic heterocycles. The molecule has 0 saturated carbocycles. The van der Waals surface area contributed by atoms with Crippen LogP contribution in [-0.2, 0) is 81.3 Å². The number of nitrogens with one attached hydrogen (secondary N) is 3. The van der Waals surface area contributed by atoms with Crippen molar-refractivity contribution in [1.29, 1.82) is 0 Å². The average molecular weight is 1420 g/mol. The van der Waals surface area contributed by atoms with E-state index in [1.165, 1.54) is 102 Å². The second-order valence-electron chi connectivity index (χ2n) is 29.5. The predicted octanol–water partition coefficient (Wildman–Crippen LogP) is 4.71. The second-order valence-corrected chi connectivity index (χ2v) is 29.5. The van der Waals surface area contributed by atoms with Gasteiger partial charge in [-0.15, -0.1) is 0 Å². The Balaban J connectivity index is 2.72. The number of carbonyl (C=O) groups excluding carboxylic acids is 13. The third-order valence-corrected chi connectivity index (χ3v) is 18.5. The zero-order valence-corrected chi connectivity index (χ0v) is 64.9. The monoisotopic (exact) mass is 1420 g/mol. The van der Waals surface area contributed by atoms with Gasteiger partial charge in [0.1, 0.15) is 72.1 Å². The number of likely N-dealkylation sites (N-methyl/N-ethyl adjacent to an activating group) is 6. The number of nitrogens with zero attached hydrogens (tertiary/aromatic N) is 8. The zero-order valence-electron chi connectivity index (χ0n) is 64.9. The largest absolute Gasteiger partial charge is 0.467 e. The van der Waals surface area contributed by atoms with Crippen LogP contribution in [0.2, 0.25) is 0 Å². The SMILES string of the molecule is C/C=C/C[C@@H](C)[C@H]1ON(C(=O)[C@H](C(C)C)N(C)C(=O)[C@@H]2CC(C)N(C(=O)[C@H](C)NC(=O)[C@H](CC(C)C)N(C)C(=O)[C@@H](NC(=O)[C@H]([C@H](C)OCCCCOC(C)=O)N(C)C(=O)[C@@H](C)N(C)C(=O)OC(C)(C)C)C(C)C)[C@H](C)C(=O)N(C)[C@@H](CC(C)C)C(=O)N2C)[C@@H]1C(=O)N[C@@H](CC)C(=O)OC. The number of allylic oxidation sites excluding steroid dienone is 2. The highest BCUT2D eigenvalue weighted by Gasteiger charge is 2.55. The first-order valence-electron chi connectivity index (χ1n) is 35.2. The van der Waals surface area contributed by atoms with Crippen LogP contribution in [-0.4, -0.2) is 269 Å². The molecule has 0 radical (unpaired) electrons. The van der Waals surface area contributed by atoms with Crippen LogP contribution >= 0.6 is 0 Å². The highest BCUT2D eigenvalue weighted by Crippen LogP contribution is 2.34. The van der Waals surface area contributed by atoms with Crippen LogP contribution in [0, 0.1) is 29.6 Å². The first-order valence-corrected chi connectivity index (χ1v) is 35.2. The van der Waals surface area contributed by atoms with Crippen LogP contribution in [0.1, 0.15) is 183 Å². The Labute approximate surface area is 594 Å². The highest BCUT2D eigenvalue weighted by molar-refractivity contribution is 6.00. The Morgan fingerprint density at radius 2 is 1.30 bits per heavy atom. The lowest BCUT2D eigenvalue weighted by Gasteiger charge is -2.50. The molecule has 2 heterocycles. The summed E-state index contributed by atoms with van der Waals surface area (Å²) in [5, 5.41) is 9.29. The third kappa shape index (κ3) is 23.8. The second kappa shape index (κ2) is 39.7. The molecule has 3 N–H and O–H groups in total. The molecule has 2 aliphatic rings. The van der Waals surface area contributed by atoms with E-state index in [0.717, 1.165) is 14.9 Å². The standard InChI is InChI=1S/C71H123N11O18/c1-28-30-33-43(11)58-57(61(86)73-50(29-2)69(94)96-27)82(100-58)68(93)55(42(9)10)79(25)66(91)53-38-44(12)81(47(15)64(89)77(23)52(37-40(5)6)65(90)78(53)24)62(87)45(13)72-59(84)51(36-39(3)4)76(22)67(92)54(41(7)8)74-60(85)56(48(16)97-34-31-32-35-98-49(17)83)80(26)63(88)46(14)75(21)70(95)99-71(18,19)20/h28,30,39-48,50-58H,29,31-38H2,1-27H3,(H,72,84)(H,73,86)(H,74,85)/b30-28+/t43-,44?,45+,46-,47-,48+,50+,51+,52+,53+,54+,55+,56+,57+,58-/m1/s1. The Hall–Kier alpha value is -7.43. The number of esters is 2. The molecule has 11 amide bonds. The summed E-state index contributed by atoms with van der Waals surface area (Å²) < 4.78 is 21.6. The Morgan fingerprint density at radius 1 is 0.710 bits per heavy atom. The first-order chi connectivity index (χ1) is 46.3. The van der Waals surface area contributed by atoms with Gasteiger partial charge >= 0.3 is 18.0 Å². The molecule has 0 aliphatic carbocycles. The molecule has 570 valence electrons. The summed E-state index contributed by atoms with van der Waals surface area (Å²) in [6.45, 7) is 33.7. The molecule has 0 bridgehead atoms. The molecular weight excluding hydrogens is 1290 g/mol. The van der Waals surface area contributed by atoms with Gasteiger partial charge in [0.15, 0.2) is 6.04 Å². The van der Waals surface area contributed by atoms with Crippen molar-refractivity contribution in [2.24, 2.45) is 29.6 Å². The third-order valence-electron chi connectivity index (χ3n) is 18.5. The average Bonchev–Trinajstić information content (AvgIpc) is 0.757. The van der Waals surface area contributed by atoms with Crippen molar-refractivity contribution in [2.75, 3.05) is 62.6 Å². The molecule has 15 atom stereocenters. The lowest BCUT2D eigenvalue weighted by molar-refractivity contribution is -0.321. The summed E-state index contributed by atoms with van der Waals surface area (Å²) in [5.41, 5.74) is -0.884. The van der Waals surface area contributed by atoms with Crippen molar-refractivity contribution in [1.82, 2.24) is 55.3 Å². The van der Waals surface area contributed by atoms with Gasteiger partial charge in [0.2, 0.25) is 53.2 Å². The summed E-state index contributed by atoms with van der Waals surface area (Å²) in [6.07, 6.45) is 2.61. The number of hydrogen-bond donors (Lipinski definition) is 3. The molecule has 2 rings (SSSR count). The van der Waals surface area contributed by atoms with Crippen LogP contribution in [0.5, 0.6) is 0 Å². The Kier molecular flexibility index (Phi) is 35.2. The lowest BCUT2D eigenvalue weighted by atomic mass is 9.90. The smallest absolute Gasteiger partial charge is 0.410 e. The summed E-state index contributed by atoms with van der Waals surface area (Å²) in [7, 11) is 9.64. The number of carbonyl (C=O) groups is 13. The van der Waals surface area contributed by atoms with E-state index >= 15 is 19.2 Å². The van der Waals surface area contributed by atoms with Gasteiger partial charge in [0.25, 0.3) is 5.91 Å². The number of ether oxygens (including phenoxy) is 4. The molecular formula is C71H123N11O18. The Morgan fingerprint density at radius 3 is 1.81 bits per heavy atom. The van der Waals surface area contributed by atoms with Crippen molar-refractivity contribution < 1.29 is 86.1 Å². The van der Waals surface area contributed by atoms with Crippen LogP contribution in [0.25, 0.3) is 0 Å². The molecule has 100 heavy (non-hydrogen) atoms. The minimum atomic E-state index is -1.40. The van der Waals surface area contributed by atoms with E-state index in [0.29, 0.717) is 19.3 Å². The van der Waals surface area contributed by atoms with Gasteiger partial charge in [0, 0.05) is 61.9 Å². The molecule has 29 nitrogen and oxygen atoms in total. The fraction of sp³-hybridized carbons (Fsp3) is 0.789. The maximum absolute atomic E-state index is 15.5. The van der Waals surface area contributed by atoms with Crippen molar-refractivity contribution in [3.63, 3.8) is 0 Å². The van der Waals surface area contributed by atoms with Gasteiger partial charge in [-0.2, -0.15) is 0 Å². The summed E-state index contributed by atoms with van der Waals surface area (Å²) in [5.74, 6) is -10.0. The maximum Gasteiger partial charge on any atom is 0.410 e. The van der Waals surface area contributed by atoms with Gasteiger partial charge in [-0.25, -0.2) is 14.7 Å². The van der Waals surface area contributed by atoms with Gasteiger partial charge in [0.05, 0.1) is 19.8 Å². The predicted molar refractivity (Wildman–Crippen MR) is 374 cm³/mol. The molecule has 1 unspecified atom stereocenters. The van der Waals surface area contributed by atoms with Gasteiger partial charge in [-0.1, -0.05) is 81.4 Å². The fourth-order valence-electron chi connectivity index (χ4n) is 12.5. The van der Waals surface area contributed by atoms with Gasteiger partial charge < -0.3 is 64.3 Å². The van der Waals surface area contributed by atoms with Crippen molar-refractivity contribution in [3.05, 3.63) is 12.2 Å². The van der Waals surface area contributed by atoms with E-state index in [4.69, 9.17) is 23.8 Å². The summed E-state index contributed by atoms with van der Waals surface area (Å²) in [6, 6.07) is -14.9. The zero-order chi connectivity index (χ0) is 77.0. The van der Waals surface area contributed by atoms with E-state index in [1.54, 1.807) is 69.2 Å². The number of hydroxylamine groups is 2. The maximum atomic E-state index is 15.5. The molecule has 0 spiro atoms. The molecule has 2 fully saturated rings. The molecule has 2 saturated heterocycles. The van der Waals surface area contributed by atoms with Crippen LogP contribution < -0.4 is 16.0 Å². The van der Waals surface area contributed by atoms with Crippen LogP contribution in [0.3, 0.4) is 0 Å². The van der Waals surface area contributed by atoms with Crippen molar-refractivity contribution >= 4 is 77.1 Å². The molecule has 0 aromatic rings. The lowest BCUT2D eigenvalue weighted by Crippen LogP contribution is -2.71. The first kappa shape index (κ1) is 88.7. The minimum Gasteiger partial charge on any atom is -0.467 e. The fourth-order valence-corrected chi connectivity index (χ4v) is 12.5. The van der Waals surface area contributed by atoms with Crippen LogP contribution in [0.15, 0.2) is 12.2 Å². The van der Waals surface area contributed by atoms with E-state index in [9.17, 15) is 43.2 Å². The quantitative estimate of drug-likeness (QED) is 0.0347. The highest BCUT2D eigenvalue weighted by atomic mass is 16.7. The van der Waals surface area contributed by atoms with E-state index in [-0.39, 0.29) is 56.7 Å². The Bertz CT molecular complexity index is 2860. The summed E-state index contributed by atoms with van der Waals surface area (Å²) in [4.78, 5) is 201. The normalized spacial score (nSPS) is 21.2. The van der Waals surface area contributed by atoms with Crippen LogP contribution in [0.4, 0.5) is 4.79 Å². The van der Waals surface area contributed by atoms with Gasteiger partial charge in [-0.3, -0.25) is 62.5 Å². The minimum absolute atomic E-state index is 0.0658. The summed E-state index contributed by atoms with van der Waals surface area (Å²) >= 11 is 0. The van der Waals surface area contributed by atoms with Gasteiger partial charge in [-0.05, 0) is 137 Å². The van der Waals surface area contributed by atoms with Crippen molar-refractivity contribution in [3.8, 4) is 0 Å². The number of amides is 11. The topological polar surface area (TPSA) is 330 Å². The number of rotatable bonds is 33. The number of hydrogen-bond acceptors (Lipinski definition) is 18. The van der Waals surface area contributed by atoms with E-state index in [2.05, 4.69) is 16.0 Å². The van der Waals surface area contributed by atoms with E-state index < -0.39 is 179 Å². The van der Waals surface area contributed by atoms with Crippen molar-refractivity contribution in [2.45, 2.75) is 274 Å². The molecule has 2 aliphatic heterocycles. The van der Waals surface area contributed by atoms with E-state index in [1.807, 2.05) is 53.7 Å². The number of methoxy groups -OCH3 is 1.